The van der Waals surface area contributed by atoms with Crippen molar-refractivity contribution in [2.75, 3.05) is 27.2 Å². The van der Waals surface area contributed by atoms with Gasteiger partial charge < -0.3 is 15.3 Å². The predicted molar refractivity (Wildman–Crippen MR) is 68.8 cm³/mol. The summed E-state index contributed by atoms with van der Waals surface area (Å²) in [5.41, 5.74) is -0.149. The largest absolute Gasteiger partial charge is 0.394 e. The lowest BCUT2D eigenvalue weighted by atomic mass is 9.77. The van der Waals surface area contributed by atoms with Gasteiger partial charge in [0.05, 0.1) is 6.61 Å². The van der Waals surface area contributed by atoms with Crippen LogP contribution >= 0.6 is 0 Å². The van der Waals surface area contributed by atoms with Gasteiger partial charge in [0.1, 0.15) is 0 Å². The Morgan fingerprint density at radius 2 is 2.24 bits per heavy atom. The maximum atomic E-state index is 11.5. The van der Waals surface area contributed by atoms with Crippen LogP contribution in [0.4, 0.5) is 0 Å². The third kappa shape index (κ3) is 4.28. The predicted octanol–water partition coefficient (Wildman–Crippen LogP) is 0.995. The highest BCUT2D eigenvalue weighted by atomic mass is 16.3. The molecule has 4 nitrogen and oxygen atoms in total. The molecule has 0 radical (unpaired) electrons. The first-order valence-corrected chi connectivity index (χ1v) is 6.55. The van der Waals surface area contributed by atoms with Crippen LogP contribution in [0.1, 0.15) is 39.0 Å². The van der Waals surface area contributed by atoms with E-state index >= 15 is 0 Å². The number of hydrogen-bond donors (Lipinski definition) is 2. The maximum absolute atomic E-state index is 11.5. The second-order valence-electron chi connectivity index (χ2n) is 5.60. The van der Waals surface area contributed by atoms with Crippen LogP contribution in [0.25, 0.3) is 0 Å². The molecule has 1 aliphatic carbocycles. The highest BCUT2D eigenvalue weighted by Gasteiger charge is 2.33. The second kappa shape index (κ2) is 6.36. The van der Waals surface area contributed by atoms with Crippen molar-refractivity contribution in [1.29, 1.82) is 0 Å². The lowest BCUT2D eigenvalue weighted by Gasteiger charge is -2.39. The average Bonchev–Trinajstić information content (AvgIpc) is 2.28. The van der Waals surface area contributed by atoms with Gasteiger partial charge in [-0.15, -0.1) is 0 Å². The monoisotopic (exact) mass is 242 g/mol. The second-order valence-corrected chi connectivity index (χ2v) is 5.60. The number of aliphatic hydroxyl groups is 1. The van der Waals surface area contributed by atoms with Gasteiger partial charge in [0.15, 0.2) is 0 Å². The van der Waals surface area contributed by atoms with E-state index < -0.39 is 0 Å². The summed E-state index contributed by atoms with van der Waals surface area (Å²) in [5.74, 6) is 0.794. The van der Waals surface area contributed by atoms with E-state index in [0.29, 0.717) is 18.9 Å². The fraction of sp³-hybridized carbons (Fsp3) is 0.923. The van der Waals surface area contributed by atoms with Crippen LogP contribution in [0.3, 0.4) is 0 Å². The molecule has 0 heterocycles. The molecular formula is C13H26N2O2. The minimum atomic E-state index is -0.149. The van der Waals surface area contributed by atoms with Crippen LogP contribution < -0.4 is 5.32 Å². The van der Waals surface area contributed by atoms with Crippen molar-refractivity contribution >= 4 is 5.91 Å². The van der Waals surface area contributed by atoms with E-state index in [-0.39, 0.29) is 18.1 Å². The fourth-order valence-electron chi connectivity index (χ4n) is 2.68. The Hall–Kier alpha value is -0.610. The molecule has 0 aromatic heterocycles. The summed E-state index contributed by atoms with van der Waals surface area (Å²) >= 11 is 0. The SMILES string of the molecule is CC1CCCC(CO)(NCCC(=O)N(C)C)C1. The Kier molecular flexibility index (Phi) is 5.40. The molecule has 0 aliphatic heterocycles. The normalized spacial score (nSPS) is 29.1. The Morgan fingerprint density at radius 1 is 1.53 bits per heavy atom. The van der Waals surface area contributed by atoms with E-state index in [1.165, 1.54) is 6.42 Å². The van der Waals surface area contributed by atoms with Crippen molar-refractivity contribution in [3.63, 3.8) is 0 Å². The summed E-state index contributed by atoms with van der Waals surface area (Å²) in [6, 6.07) is 0. The van der Waals surface area contributed by atoms with E-state index in [1.54, 1.807) is 19.0 Å². The smallest absolute Gasteiger partial charge is 0.223 e. The highest BCUT2D eigenvalue weighted by molar-refractivity contribution is 5.75. The summed E-state index contributed by atoms with van der Waals surface area (Å²) in [5, 5.41) is 13.0. The lowest BCUT2D eigenvalue weighted by Crippen LogP contribution is -2.52. The molecule has 1 rings (SSSR count). The van der Waals surface area contributed by atoms with Crippen LogP contribution in [0.2, 0.25) is 0 Å². The van der Waals surface area contributed by atoms with Gasteiger partial charge in [-0.2, -0.15) is 0 Å². The summed E-state index contributed by atoms with van der Waals surface area (Å²) in [6.07, 6.45) is 4.95. The van der Waals surface area contributed by atoms with Gasteiger partial charge >= 0.3 is 0 Å². The summed E-state index contributed by atoms with van der Waals surface area (Å²) in [4.78, 5) is 13.1. The first kappa shape index (κ1) is 14.5. The number of hydrogen-bond acceptors (Lipinski definition) is 3. The highest BCUT2D eigenvalue weighted by Crippen LogP contribution is 2.31. The first-order valence-electron chi connectivity index (χ1n) is 6.55. The van der Waals surface area contributed by atoms with Gasteiger partial charge in [-0.3, -0.25) is 4.79 Å². The zero-order valence-corrected chi connectivity index (χ0v) is 11.3. The molecule has 4 heteroatoms. The van der Waals surface area contributed by atoms with Gasteiger partial charge in [0.25, 0.3) is 0 Å². The summed E-state index contributed by atoms with van der Waals surface area (Å²) < 4.78 is 0. The fourth-order valence-corrected chi connectivity index (χ4v) is 2.68. The molecule has 2 unspecified atom stereocenters. The maximum Gasteiger partial charge on any atom is 0.223 e. The zero-order chi connectivity index (χ0) is 12.9. The molecule has 2 atom stereocenters. The zero-order valence-electron chi connectivity index (χ0n) is 11.3. The molecule has 1 fully saturated rings. The van der Waals surface area contributed by atoms with E-state index in [2.05, 4.69) is 12.2 Å². The molecule has 1 aliphatic rings. The summed E-state index contributed by atoms with van der Waals surface area (Å²) in [6.45, 7) is 3.06. The minimum absolute atomic E-state index is 0.134. The summed E-state index contributed by atoms with van der Waals surface area (Å²) in [7, 11) is 3.54. The van der Waals surface area contributed by atoms with Gasteiger partial charge in [0, 0.05) is 32.6 Å². The molecule has 0 bridgehead atoms. The number of carbonyl (C=O) groups is 1. The van der Waals surface area contributed by atoms with Crippen LogP contribution in [-0.2, 0) is 4.79 Å². The first-order chi connectivity index (χ1) is 7.99. The van der Waals surface area contributed by atoms with E-state index in [1.807, 2.05) is 0 Å². The number of nitrogens with zero attached hydrogens (tertiary/aromatic N) is 1. The van der Waals surface area contributed by atoms with Crippen molar-refractivity contribution in [2.24, 2.45) is 5.92 Å². The van der Waals surface area contributed by atoms with Gasteiger partial charge in [0.2, 0.25) is 5.91 Å². The van der Waals surface area contributed by atoms with E-state index in [9.17, 15) is 9.90 Å². The number of aliphatic hydroxyl groups excluding tert-OH is 1. The standard InChI is InChI=1S/C13H26N2O2/c1-11-5-4-7-13(9-11,10-16)14-8-6-12(17)15(2)3/h11,14,16H,4-10H2,1-3H3. The molecule has 0 saturated heterocycles. The van der Waals surface area contributed by atoms with E-state index in [0.717, 1.165) is 19.3 Å². The quantitative estimate of drug-likeness (QED) is 0.756. The Balaban J connectivity index is 2.38. The molecule has 0 aromatic rings. The topological polar surface area (TPSA) is 52.6 Å². The van der Waals surface area contributed by atoms with Crippen molar-refractivity contribution < 1.29 is 9.90 Å². The number of amides is 1. The molecule has 100 valence electrons. The van der Waals surface area contributed by atoms with E-state index in [4.69, 9.17) is 0 Å². The molecule has 0 aromatic carbocycles. The Morgan fingerprint density at radius 3 is 2.76 bits per heavy atom. The van der Waals surface area contributed by atoms with Crippen molar-refractivity contribution in [3.05, 3.63) is 0 Å². The lowest BCUT2D eigenvalue weighted by molar-refractivity contribution is -0.128. The van der Waals surface area contributed by atoms with Crippen LogP contribution in [0, 0.1) is 5.92 Å². The molecular weight excluding hydrogens is 216 g/mol. The van der Waals surface area contributed by atoms with Gasteiger partial charge in [-0.1, -0.05) is 19.8 Å². The number of nitrogens with one attached hydrogen (secondary N) is 1. The van der Waals surface area contributed by atoms with Crippen molar-refractivity contribution in [1.82, 2.24) is 10.2 Å². The van der Waals surface area contributed by atoms with Crippen molar-refractivity contribution in [3.8, 4) is 0 Å². The molecule has 2 N–H and O–H groups in total. The van der Waals surface area contributed by atoms with Crippen molar-refractivity contribution in [2.45, 2.75) is 44.6 Å². The third-order valence-electron chi connectivity index (χ3n) is 3.73. The Bertz CT molecular complexity index is 256. The molecule has 0 spiro atoms. The molecule has 1 amide bonds. The molecule has 1 saturated carbocycles. The third-order valence-corrected chi connectivity index (χ3v) is 3.73. The van der Waals surface area contributed by atoms with Crippen LogP contribution in [-0.4, -0.2) is 48.7 Å². The number of carbonyl (C=O) groups excluding carboxylic acids is 1. The molecule has 17 heavy (non-hydrogen) atoms. The Labute approximate surface area is 104 Å². The van der Waals surface area contributed by atoms with Gasteiger partial charge in [-0.05, 0) is 18.8 Å². The van der Waals surface area contributed by atoms with Crippen LogP contribution in [0.15, 0.2) is 0 Å². The minimum Gasteiger partial charge on any atom is -0.394 e. The number of rotatable bonds is 5. The van der Waals surface area contributed by atoms with Gasteiger partial charge in [-0.25, -0.2) is 0 Å². The van der Waals surface area contributed by atoms with Crippen LogP contribution in [0.5, 0.6) is 0 Å². The average molecular weight is 242 g/mol.